The molecule has 0 aliphatic rings. The van der Waals surface area contributed by atoms with E-state index in [1.54, 1.807) is 24.0 Å². The van der Waals surface area contributed by atoms with Crippen LogP contribution < -0.4 is 0 Å². The summed E-state index contributed by atoms with van der Waals surface area (Å²) in [4.78, 5) is 41.2. The van der Waals surface area contributed by atoms with E-state index in [4.69, 9.17) is 4.74 Å². The van der Waals surface area contributed by atoms with Crippen LogP contribution in [0.5, 0.6) is 0 Å². The van der Waals surface area contributed by atoms with Gasteiger partial charge in [0.05, 0.1) is 11.5 Å². The smallest absolute Gasteiger partial charge is 0.273 e. The third-order valence-corrected chi connectivity index (χ3v) is 6.16. The minimum atomic E-state index is -0.502. The maximum atomic E-state index is 13.6. The number of nitro groups is 1. The molecule has 9 heteroatoms. The zero-order chi connectivity index (χ0) is 26.8. The highest BCUT2D eigenvalue weighted by Gasteiger charge is 2.25. The minimum Gasteiger partial charge on any atom is -0.382 e. The Morgan fingerprint density at radius 3 is 2.43 bits per heavy atom. The van der Waals surface area contributed by atoms with Crippen molar-refractivity contribution in [2.75, 3.05) is 26.3 Å². The average molecular weight is 507 g/mol. The largest absolute Gasteiger partial charge is 0.382 e. The molecule has 2 amide bonds. The fourth-order valence-corrected chi connectivity index (χ4v) is 4.03. The summed E-state index contributed by atoms with van der Waals surface area (Å²) in [6, 6.07) is 18.0. The molecule has 0 N–H and O–H groups in total. The first kappa shape index (κ1) is 27.6. The van der Waals surface area contributed by atoms with Crippen LogP contribution in [0.2, 0.25) is 0 Å². The van der Waals surface area contributed by atoms with Gasteiger partial charge in [-0.25, -0.2) is 0 Å². The molecule has 0 spiro atoms. The molecular weight excluding hydrogens is 472 g/mol. The van der Waals surface area contributed by atoms with E-state index in [1.807, 2.05) is 67.2 Å². The van der Waals surface area contributed by atoms with Gasteiger partial charge in [-0.05, 0) is 44.0 Å². The van der Waals surface area contributed by atoms with Gasteiger partial charge in [-0.1, -0.05) is 36.4 Å². The highest BCUT2D eigenvalue weighted by molar-refractivity contribution is 5.97. The Hall–Kier alpha value is -3.98. The van der Waals surface area contributed by atoms with Crippen LogP contribution in [0.15, 0.2) is 66.9 Å². The second-order valence-electron chi connectivity index (χ2n) is 8.88. The lowest BCUT2D eigenvalue weighted by molar-refractivity contribution is -0.385. The van der Waals surface area contributed by atoms with E-state index in [-0.39, 0.29) is 30.2 Å². The van der Waals surface area contributed by atoms with Gasteiger partial charge in [-0.2, -0.15) is 0 Å². The van der Waals surface area contributed by atoms with Crippen molar-refractivity contribution >= 4 is 17.5 Å². The summed E-state index contributed by atoms with van der Waals surface area (Å²) in [7, 11) is 1.92. The molecule has 196 valence electrons. The Morgan fingerprint density at radius 1 is 1.03 bits per heavy atom. The van der Waals surface area contributed by atoms with E-state index in [2.05, 4.69) is 0 Å². The van der Waals surface area contributed by atoms with Gasteiger partial charge in [0.1, 0.15) is 6.54 Å². The molecule has 0 unspecified atom stereocenters. The summed E-state index contributed by atoms with van der Waals surface area (Å²) >= 11 is 0. The van der Waals surface area contributed by atoms with Crippen molar-refractivity contribution in [3.63, 3.8) is 0 Å². The number of carbonyl (C=O) groups is 2. The van der Waals surface area contributed by atoms with Crippen LogP contribution in [0.1, 0.15) is 40.5 Å². The lowest BCUT2D eigenvalue weighted by Gasteiger charge is -2.28. The van der Waals surface area contributed by atoms with Gasteiger partial charge in [0.2, 0.25) is 5.91 Å². The Labute approximate surface area is 217 Å². The number of rotatable bonds is 13. The molecule has 0 fully saturated rings. The number of hydrogen-bond acceptors (Lipinski definition) is 5. The minimum absolute atomic E-state index is 0.124. The van der Waals surface area contributed by atoms with Crippen LogP contribution in [-0.4, -0.2) is 57.4 Å². The number of ether oxygens (including phenoxy) is 1. The molecule has 0 aliphatic carbocycles. The van der Waals surface area contributed by atoms with Gasteiger partial charge in [-0.15, -0.1) is 0 Å². The summed E-state index contributed by atoms with van der Waals surface area (Å²) in [5.41, 5.74) is 2.47. The molecule has 0 bridgehead atoms. The Kier molecular flexibility index (Phi) is 9.97. The standard InChI is InChI=1S/C28H34N4O5/c1-4-37-17-9-16-30(28(34)24-14-13-22(2)26(18-24)32(35)36)21-27(33)31(19-23-10-6-5-7-11-23)20-25-12-8-15-29(25)3/h5-8,10-15,18H,4,9,16-17,19-21H2,1-3H3. The molecule has 0 saturated carbocycles. The van der Waals surface area contributed by atoms with Crippen molar-refractivity contribution in [2.24, 2.45) is 7.05 Å². The third-order valence-electron chi connectivity index (χ3n) is 6.16. The van der Waals surface area contributed by atoms with Crippen molar-refractivity contribution < 1.29 is 19.2 Å². The molecule has 9 nitrogen and oxygen atoms in total. The summed E-state index contributed by atoms with van der Waals surface area (Å²) < 4.78 is 7.39. The fraction of sp³-hybridized carbons (Fsp3) is 0.357. The summed E-state index contributed by atoms with van der Waals surface area (Å²) in [6.45, 7) is 5.43. The summed E-state index contributed by atoms with van der Waals surface area (Å²) in [5, 5.41) is 11.4. The first-order valence-corrected chi connectivity index (χ1v) is 12.3. The predicted octanol–water partition coefficient (Wildman–Crippen LogP) is 4.34. The lowest BCUT2D eigenvalue weighted by Crippen LogP contribution is -2.43. The quantitative estimate of drug-likeness (QED) is 0.195. The normalized spacial score (nSPS) is 10.8. The van der Waals surface area contributed by atoms with Crippen LogP contribution in [0.3, 0.4) is 0 Å². The Balaban J connectivity index is 1.85. The van der Waals surface area contributed by atoms with Crippen LogP contribution in [0.25, 0.3) is 0 Å². The molecule has 2 aromatic carbocycles. The van der Waals surface area contributed by atoms with Gasteiger partial charge < -0.3 is 19.1 Å². The molecule has 0 atom stereocenters. The molecule has 0 radical (unpaired) electrons. The van der Waals surface area contributed by atoms with E-state index >= 15 is 0 Å². The van der Waals surface area contributed by atoms with Crippen molar-refractivity contribution in [3.8, 4) is 0 Å². The van der Waals surface area contributed by atoms with E-state index in [0.717, 1.165) is 11.3 Å². The van der Waals surface area contributed by atoms with E-state index < -0.39 is 10.8 Å². The van der Waals surface area contributed by atoms with Gasteiger partial charge in [0.25, 0.3) is 11.6 Å². The van der Waals surface area contributed by atoms with Gasteiger partial charge in [0.15, 0.2) is 0 Å². The molecule has 1 heterocycles. The average Bonchev–Trinajstić information content (AvgIpc) is 3.29. The van der Waals surface area contributed by atoms with Crippen molar-refractivity contribution in [1.82, 2.24) is 14.4 Å². The summed E-state index contributed by atoms with van der Waals surface area (Å²) in [6.07, 6.45) is 2.46. The second-order valence-corrected chi connectivity index (χ2v) is 8.88. The van der Waals surface area contributed by atoms with Crippen LogP contribution in [0, 0.1) is 17.0 Å². The highest BCUT2D eigenvalue weighted by Crippen LogP contribution is 2.21. The van der Waals surface area contributed by atoms with Crippen LogP contribution >= 0.6 is 0 Å². The number of hydrogen-bond donors (Lipinski definition) is 0. The lowest BCUT2D eigenvalue weighted by atomic mass is 10.1. The molecule has 3 rings (SSSR count). The van der Waals surface area contributed by atoms with E-state index in [0.29, 0.717) is 38.3 Å². The first-order chi connectivity index (χ1) is 17.8. The zero-order valence-electron chi connectivity index (χ0n) is 21.6. The maximum absolute atomic E-state index is 13.6. The van der Waals surface area contributed by atoms with Crippen molar-refractivity contribution in [3.05, 3.63) is 99.4 Å². The maximum Gasteiger partial charge on any atom is 0.273 e. The molecular formula is C28H34N4O5. The topological polar surface area (TPSA) is 97.9 Å². The van der Waals surface area contributed by atoms with Crippen LogP contribution in [-0.2, 0) is 29.7 Å². The number of carbonyl (C=O) groups excluding carboxylic acids is 2. The summed E-state index contributed by atoms with van der Waals surface area (Å²) in [5.74, 6) is -0.636. The van der Waals surface area contributed by atoms with Crippen molar-refractivity contribution in [1.29, 1.82) is 0 Å². The van der Waals surface area contributed by atoms with Gasteiger partial charge >= 0.3 is 0 Å². The zero-order valence-corrected chi connectivity index (χ0v) is 21.6. The molecule has 1 aromatic heterocycles. The Morgan fingerprint density at radius 2 is 1.78 bits per heavy atom. The fourth-order valence-electron chi connectivity index (χ4n) is 4.03. The van der Waals surface area contributed by atoms with Gasteiger partial charge in [-0.3, -0.25) is 19.7 Å². The van der Waals surface area contributed by atoms with Gasteiger partial charge in [0, 0.05) is 62.4 Å². The van der Waals surface area contributed by atoms with E-state index in [1.165, 1.54) is 11.0 Å². The number of aromatic nitrogens is 1. The highest BCUT2D eigenvalue weighted by atomic mass is 16.6. The van der Waals surface area contributed by atoms with Crippen LogP contribution in [0.4, 0.5) is 5.69 Å². The molecule has 3 aromatic rings. The molecule has 0 saturated heterocycles. The van der Waals surface area contributed by atoms with Crippen molar-refractivity contribution in [2.45, 2.75) is 33.4 Å². The first-order valence-electron chi connectivity index (χ1n) is 12.3. The number of nitro benzene ring substituents is 1. The third kappa shape index (κ3) is 7.75. The number of nitrogens with zero attached hydrogens (tertiary/aromatic N) is 4. The monoisotopic (exact) mass is 506 g/mol. The molecule has 0 aliphatic heterocycles. The number of amides is 2. The molecule has 37 heavy (non-hydrogen) atoms. The SMILES string of the molecule is CCOCCCN(CC(=O)N(Cc1ccccc1)Cc1cccn1C)C(=O)c1ccc(C)c([N+](=O)[O-])c1. The van der Waals surface area contributed by atoms with E-state index in [9.17, 15) is 19.7 Å². The second kappa shape index (κ2) is 13.4. The number of aryl methyl sites for hydroxylation is 2. The number of benzene rings is 2. The predicted molar refractivity (Wildman–Crippen MR) is 141 cm³/mol. The Bertz CT molecular complexity index is 1210.